The second kappa shape index (κ2) is 6.65. The highest BCUT2D eigenvalue weighted by molar-refractivity contribution is 8.22. The summed E-state index contributed by atoms with van der Waals surface area (Å²) in [7, 11) is -1.76. The van der Waals surface area contributed by atoms with E-state index in [1.165, 1.54) is 0 Å². The molecule has 82 valence electrons. The van der Waals surface area contributed by atoms with E-state index in [9.17, 15) is 0 Å². The molecule has 0 heterocycles. The van der Waals surface area contributed by atoms with Crippen molar-refractivity contribution >= 4 is 10.9 Å². The van der Waals surface area contributed by atoms with E-state index < -0.39 is 10.9 Å². The van der Waals surface area contributed by atoms with Crippen LogP contribution in [0.3, 0.4) is 0 Å². The Morgan fingerprint density at radius 3 is 1.31 bits per heavy atom. The summed E-state index contributed by atoms with van der Waals surface area (Å²) in [6.07, 6.45) is 0. The first-order valence-corrected chi connectivity index (χ1v) is 6.35. The van der Waals surface area contributed by atoms with Crippen LogP contribution in [0.4, 0.5) is 0 Å². The lowest BCUT2D eigenvalue weighted by molar-refractivity contribution is 0.180. The normalized spacial score (nSPS) is 13.7. The standard InChI is InChI=1S/C9H22O3S/c1-6-10-13(9(4)5,11-7-2)12-8-3/h9H,6-8H2,1-5H3. The average molecular weight is 210 g/mol. The molecule has 0 aromatic rings. The summed E-state index contributed by atoms with van der Waals surface area (Å²) in [6.45, 7) is 11.9. The van der Waals surface area contributed by atoms with Crippen LogP contribution in [-0.2, 0) is 12.5 Å². The molecular weight excluding hydrogens is 188 g/mol. The Hall–Kier alpha value is 0.230. The van der Waals surface area contributed by atoms with Crippen LogP contribution in [0.2, 0.25) is 0 Å². The van der Waals surface area contributed by atoms with E-state index in [1.54, 1.807) is 0 Å². The van der Waals surface area contributed by atoms with Gasteiger partial charge in [-0.3, -0.25) is 12.5 Å². The molecule has 0 radical (unpaired) electrons. The van der Waals surface area contributed by atoms with Gasteiger partial charge >= 0.3 is 0 Å². The molecule has 0 unspecified atom stereocenters. The topological polar surface area (TPSA) is 27.7 Å². The van der Waals surface area contributed by atoms with Gasteiger partial charge in [0.2, 0.25) is 0 Å². The summed E-state index contributed by atoms with van der Waals surface area (Å²) in [5.41, 5.74) is 0. The molecule has 3 nitrogen and oxygen atoms in total. The lowest BCUT2D eigenvalue weighted by atomic mass is 10.6. The number of hydrogen-bond donors (Lipinski definition) is 0. The fourth-order valence-corrected chi connectivity index (χ4v) is 3.01. The van der Waals surface area contributed by atoms with Gasteiger partial charge < -0.3 is 0 Å². The molecule has 0 saturated heterocycles. The first-order chi connectivity index (χ1) is 6.13. The third kappa shape index (κ3) is 3.85. The van der Waals surface area contributed by atoms with Gasteiger partial charge in [-0.25, -0.2) is 0 Å². The maximum Gasteiger partial charge on any atom is 0.0912 e. The Labute approximate surface area is 83.7 Å². The van der Waals surface area contributed by atoms with Crippen molar-refractivity contribution in [1.82, 2.24) is 0 Å². The summed E-state index contributed by atoms with van der Waals surface area (Å²) < 4.78 is 16.8. The minimum atomic E-state index is -1.76. The van der Waals surface area contributed by atoms with E-state index in [0.29, 0.717) is 19.8 Å². The van der Waals surface area contributed by atoms with Crippen LogP contribution < -0.4 is 0 Å². The van der Waals surface area contributed by atoms with Gasteiger partial charge in [-0.2, -0.15) is 0 Å². The van der Waals surface area contributed by atoms with Gasteiger partial charge in [0, 0.05) is 0 Å². The van der Waals surface area contributed by atoms with E-state index in [0.717, 1.165) is 0 Å². The van der Waals surface area contributed by atoms with Gasteiger partial charge in [-0.05, 0) is 34.6 Å². The Bertz CT molecular complexity index is 111. The van der Waals surface area contributed by atoms with Crippen LogP contribution in [0.5, 0.6) is 0 Å². The second-order valence-corrected chi connectivity index (χ2v) is 5.40. The smallest absolute Gasteiger partial charge is 0.0912 e. The largest absolute Gasteiger partial charge is 0.292 e. The number of rotatable bonds is 7. The molecule has 0 saturated carbocycles. The molecule has 0 N–H and O–H groups in total. The second-order valence-electron chi connectivity index (χ2n) is 2.76. The lowest BCUT2D eigenvalue weighted by Gasteiger charge is -2.39. The van der Waals surface area contributed by atoms with Crippen molar-refractivity contribution in [2.45, 2.75) is 39.9 Å². The third-order valence-electron chi connectivity index (χ3n) is 1.42. The van der Waals surface area contributed by atoms with E-state index in [2.05, 4.69) is 13.8 Å². The summed E-state index contributed by atoms with van der Waals surface area (Å²) >= 11 is 0. The average Bonchev–Trinajstić information content (AvgIpc) is 2.05. The van der Waals surface area contributed by atoms with E-state index in [4.69, 9.17) is 12.5 Å². The number of hydrogen-bond acceptors (Lipinski definition) is 3. The minimum absolute atomic E-state index is 0.271. The summed E-state index contributed by atoms with van der Waals surface area (Å²) in [5.74, 6) is 0. The van der Waals surface area contributed by atoms with Crippen LogP contribution >= 0.6 is 10.9 Å². The van der Waals surface area contributed by atoms with Crippen LogP contribution in [0.15, 0.2) is 0 Å². The molecule has 0 aliphatic carbocycles. The van der Waals surface area contributed by atoms with Crippen molar-refractivity contribution in [2.75, 3.05) is 19.8 Å². The molecule has 0 amide bonds. The quantitative estimate of drug-likeness (QED) is 0.646. The summed E-state index contributed by atoms with van der Waals surface area (Å²) in [5, 5.41) is 0.271. The van der Waals surface area contributed by atoms with Gasteiger partial charge in [0.05, 0.1) is 35.9 Å². The fourth-order valence-electron chi connectivity index (χ4n) is 1.00. The van der Waals surface area contributed by atoms with Crippen LogP contribution in [0, 0.1) is 0 Å². The van der Waals surface area contributed by atoms with Gasteiger partial charge in [-0.15, -0.1) is 0 Å². The molecule has 0 rings (SSSR count). The Balaban J connectivity index is 4.38. The van der Waals surface area contributed by atoms with Crippen molar-refractivity contribution in [3.63, 3.8) is 0 Å². The van der Waals surface area contributed by atoms with E-state index in [1.807, 2.05) is 20.8 Å². The summed E-state index contributed by atoms with van der Waals surface area (Å²) in [4.78, 5) is 0. The highest BCUT2D eigenvalue weighted by Crippen LogP contribution is 2.55. The third-order valence-corrected chi connectivity index (χ3v) is 4.27. The van der Waals surface area contributed by atoms with Crippen molar-refractivity contribution in [3.05, 3.63) is 0 Å². The van der Waals surface area contributed by atoms with Crippen molar-refractivity contribution in [2.24, 2.45) is 0 Å². The maximum atomic E-state index is 5.61. The molecule has 0 atom stereocenters. The minimum Gasteiger partial charge on any atom is -0.292 e. The van der Waals surface area contributed by atoms with Crippen LogP contribution in [0.25, 0.3) is 0 Å². The zero-order chi connectivity index (χ0) is 10.3. The molecule has 0 bridgehead atoms. The highest BCUT2D eigenvalue weighted by Gasteiger charge is 2.30. The van der Waals surface area contributed by atoms with Gasteiger partial charge in [0.25, 0.3) is 0 Å². The molecule has 0 aromatic heterocycles. The van der Waals surface area contributed by atoms with Crippen LogP contribution in [-0.4, -0.2) is 25.1 Å². The molecule has 0 fully saturated rings. The lowest BCUT2D eigenvalue weighted by Crippen LogP contribution is -2.21. The highest BCUT2D eigenvalue weighted by atomic mass is 32.3. The Morgan fingerprint density at radius 1 is 0.846 bits per heavy atom. The van der Waals surface area contributed by atoms with Crippen molar-refractivity contribution < 1.29 is 12.5 Å². The molecule has 0 aliphatic heterocycles. The predicted octanol–water partition coefficient (Wildman–Crippen LogP) is 3.05. The van der Waals surface area contributed by atoms with Gasteiger partial charge in [0.1, 0.15) is 0 Å². The maximum absolute atomic E-state index is 5.61. The van der Waals surface area contributed by atoms with Gasteiger partial charge in [0.15, 0.2) is 0 Å². The predicted molar refractivity (Wildman–Crippen MR) is 57.6 cm³/mol. The first kappa shape index (κ1) is 13.2. The molecular formula is C9H22O3S. The Morgan fingerprint density at radius 2 is 1.15 bits per heavy atom. The van der Waals surface area contributed by atoms with E-state index >= 15 is 0 Å². The molecule has 0 aliphatic rings. The molecule has 0 aromatic carbocycles. The molecule has 13 heavy (non-hydrogen) atoms. The Kier molecular flexibility index (Phi) is 6.77. The first-order valence-electron chi connectivity index (χ1n) is 4.88. The summed E-state index contributed by atoms with van der Waals surface area (Å²) in [6, 6.07) is 0. The fraction of sp³-hybridized carbons (Fsp3) is 1.00. The monoisotopic (exact) mass is 210 g/mol. The van der Waals surface area contributed by atoms with Crippen LogP contribution in [0.1, 0.15) is 34.6 Å². The van der Waals surface area contributed by atoms with Crippen molar-refractivity contribution in [3.8, 4) is 0 Å². The molecule has 4 heteroatoms. The molecule has 0 spiro atoms. The zero-order valence-electron chi connectivity index (χ0n) is 9.33. The van der Waals surface area contributed by atoms with Gasteiger partial charge in [-0.1, -0.05) is 0 Å². The SMILES string of the molecule is CCOS(OCC)(OCC)C(C)C. The van der Waals surface area contributed by atoms with E-state index in [-0.39, 0.29) is 5.25 Å². The zero-order valence-corrected chi connectivity index (χ0v) is 10.1. The van der Waals surface area contributed by atoms with Crippen molar-refractivity contribution in [1.29, 1.82) is 0 Å².